The highest BCUT2D eigenvalue weighted by Crippen LogP contribution is 2.40. The van der Waals surface area contributed by atoms with E-state index in [9.17, 15) is 0 Å². The summed E-state index contributed by atoms with van der Waals surface area (Å²) in [6.07, 6.45) is 0. The van der Waals surface area contributed by atoms with E-state index in [0.717, 1.165) is 65.1 Å². The number of aryl methyl sites for hydroxylation is 3. The van der Waals surface area contributed by atoms with Gasteiger partial charge < -0.3 is 13.6 Å². The molecule has 0 bridgehead atoms. The summed E-state index contributed by atoms with van der Waals surface area (Å²) < 4.78 is 16.2. The molecule has 18 heteroatoms. The predicted molar refractivity (Wildman–Crippen MR) is 214 cm³/mol. The van der Waals surface area contributed by atoms with Crippen LogP contribution in [0.1, 0.15) is 17.5 Å². The highest BCUT2D eigenvalue weighted by molar-refractivity contribution is 7.19. The fraction of sp³-hybridized carbons (Fsp3) is 0.0769. The van der Waals surface area contributed by atoms with E-state index in [1.165, 1.54) is 34.0 Å². The van der Waals surface area contributed by atoms with Gasteiger partial charge >= 0.3 is 0 Å². The van der Waals surface area contributed by atoms with E-state index in [4.69, 9.17) is 13.6 Å². The zero-order valence-corrected chi connectivity index (χ0v) is 32.4. The van der Waals surface area contributed by atoms with Crippen LogP contribution in [-0.4, -0.2) is 61.0 Å². The number of aromatic nitrogens is 12. The molecule has 4 aromatic carbocycles. The number of hydrogen-bond donors (Lipinski definition) is 0. The van der Waals surface area contributed by atoms with Gasteiger partial charge in [-0.25, -0.2) is 0 Å². The third kappa shape index (κ3) is 6.92. The minimum atomic E-state index is 0.442. The van der Waals surface area contributed by atoms with Crippen molar-refractivity contribution in [1.29, 1.82) is 0 Å². The molecule has 0 atom stereocenters. The van der Waals surface area contributed by atoms with Crippen molar-refractivity contribution < 1.29 is 13.6 Å². The van der Waals surface area contributed by atoms with Gasteiger partial charge in [0.2, 0.25) is 0 Å². The van der Waals surface area contributed by atoms with Gasteiger partial charge in [-0.2, -0.15) is 15.0 Å². The summed E-state index contributed by atoms with van der Waals surface area (Å²) in [7, 11) is 0. The van der Waals surface area contributed by atoms with Crippen molar-refractivity contribution >= 4 is 34.0 Å². The largest absolute Gasteiger partial charge is 0.334 e. The molecule has 276 valence electrons. The first kappa shape index (κ1) is 34.5. The molecular weight excluding hydrogens is 781 g/mol. The summed E-state index contributed by atoms with van der Waals surface area (Å²) in [4.78, 5) is 13.1. The number of benzene rings is 4. The Hall–Kier alpha value is -7.02. The summed E-state index contributed by atoms with van der Waals surface area (Å²) in [5.41, 5.74) is 7.53. The lowest BCUT2D eigenvalue weighted by atomic mass is 10.1. The van der Waals surface area contributed by atoms with E-state index in [1.54, 1.807) is 20.8 Å². The van der Waals surface area contributed by atoms with Crippen molar-refractivity contribution in [1.82, 2.24) is 61.0 Å². The lowest BCUT2D eigenvalue weighted by Gasteiger charge is -2.04. The van der Waals surface area contributed by atoms with Gasteiger partial charge in [0.25, 0.3) is 17.7 Å². The molecule has 0 amide bonds. The van der Waals surface area contributed by atoms with Gasteiger partial charge in [-0.15, -0.1) is 30.6 Å². The van der Waals surface area contributed by atoms with E-state index in [0.29, 0.717) is 50.2 Å². The van der Waals surface area contributed by atoms with Crippen LogP contribution in [0.3, 0.4) is 0 Å². The molecule has 10 rings (SSSR count). The molecule has 0 spiro atoms. The maximum atomic E-state index is 5.41. The second-order valence-corrected chi connectivity index (χ2v) is 15.7. The van der Waals surface area contributed by atoms with Gasteiger partial charge in [0.1, 0.15) is 30.0 Å². The standard InChI is InChI=1S/C39H24N12O3S3/c1-19-40-31(52-49-19)22-7-4-10-25(13-22)34-43-46-37(55-34)28-16-29(38-47-44-35(56-38)26-11-5-8-23(14-26)32-41-20(2)50-53-32)18-30(17-28)39-48-45-36(57-39)27-12-6-9-24(15-27)33-42-21(3)51-54-33/h4-18H,1-3H3. The Kier molecular flexibility index (Phi) is 8.61. The maximum absolute atomic E-state index is 5.41. The van der Waals surface area contributed by atoms with Crippen LogP contribution in [0.2, 0.25) is 0 Å². The summed E-state index contributed by atoms with van der Waals surface area (Å²) in [6, 6.07) is 29.5. The second kappa shape index (κ2) is 14.2. The lowest BCUT2D eigenvalue weighted by molar-refractivity contribution is 0.425. The molecule has 6 heterocycles. The van der Waals surface area contributed by atoms with Gasteiger partial charge in [-0.1, -0.05) is 85.9 Å². The van der Waals surface area contributed by atoms with Crippen molar-refractivity contribution in [2.24, 2.45) is 0 Å². The van der Waals surface area contributed by atoms with Crippen LogP contribution in [0.15, 0.2) is 105 Å². The fourth-order valence-corrected chi connectivity index (χ4v) is 8.45. The predicted octanol–water partition coefficient (Wildman–Crippen LogP) is 9.32. The third-order valence-corrected chi connectivity index (χ3v) is 11.7. The number of hydrogen-bond acceptors (Lipinski definition) is 18. The molecule has 0 aliphatic heterocycles. The Bertz CT molecular complexity index is 2730. The van der Waals surface area contributed by atoms with Gasteiger partial charge in [0.05, 0.1) is 0 Å². The van der Waals surface area contributed by atoms with E-state index in [2.05, 4.69) is 61.0 Å². The third-order valence-electron chi connectivity index (χ3n) is 8.60. The molecule has 0 radical (unpaired) electrons. The second-order valence-electron chi connectivity index (χ2n) is 12.7. The molecule has 0 fully saturated rings. The van der Waals surface area contributed by atoms with E-state index >= 15 is 0 Å². The molecule has 10 aromatic rings. The average Bonchev–Trinajstić information content (AvgIpc) is 4.10. The van der Waals surface area contributed by atoms with Crippen LogP contribution < -0.4 is 0 Å². The van der Waals surface area contributed by atoms with Gasteiger partial charge in [-0.3, -0.25) is 0 Å². The average molecular weight is 805 g/mol. The topological polar surface area (TPSA) is 194 Å². The number of rotatable bonds is 9. The van der Waals surface area contributed by atoms with Crippen molar-refractivity contribution in [3.05, 3.63) is 108 Å². The van der Waals surface area contributed by atoms with Gasteiger partial charge in [0, 0.05) is 50.1 Å². The molecule has 0 unspecified atom stereocenters. The first-order valence-electron chi connectivity index (χ1n) is 17.3. The molecule has 0 aliphatic carbocycles. The van der Waals surface area contributed by atoms with Gasteiger partial charge in [0.15, 0.2) is 17.5 Å². The highest BCUT2D eigenvalue weighted by atomic mass is 32.1. The molecular formula is C39H24N12O3S3. The fourth-order valence-electron chi connectivity index (χ4n) is 5.97. The minimum absolute atomic E-state index is 0.442. The van der Waals surface area contributed by atoms with Crippen LogP contribution in [0, 0.1) is 20.8 Å². The van der Waals surface area contributed by atoms with Crippen LogP contribution in [0.5, 0.6) is 0 Å². The Labute approximate surface area is 334 Å². The molecule has 6 aromatic heterocycles. The molecule has 57 heavy (non-hydrogen) atoms. The Balaban J connectivity index is 1.03. The smallest absolute Gasteiger partial charge is 0.257 e. The summed E-state index contributed by atoms with van der Waals surface area (Å²) in [5.74, 6) is 3.02. The molecule has 0 aliphatic rings. The molecule has 0 saturated heterocycles. The molecule has 0 N–H and O–H groups in total. The maximum Gasteiger partial charge on any atom is 0.257 e. The van der Waals surface area contributed by atoms with Crippen molar-refractivity contribution in [2.45, 2.75) is 20.8 Å². The van der Waals surface area contributed by atoms with Crippen LogP contribution in [-0.2, 0) is 0 Å². The zero-order valence-electron chi connectivity index (χ0n) is 30.0. The Morgan fingerprint density at radius 3 is 0.842 bits per heavy atom. The van der Waals surface area contributed by atoms with E-state index in [1.807, 2.05) is 91.0 Å². The first-order valence-corrected chi connectivity index (χ1v) is 19.7. The monoisotopic (exact) mass is 804 g/mol. The van der Waals surface area contributed by atoms with Crippen LogP contribution in [0.4, 0.5) is 0 Å². The summed E-state index contributed by atoms with van der Waals surface area (Å²) in [5, 5.41) is 43.8. The minimum Gasteiger partial charge on any atom is -0.334 e. The SMILES string of the molecule is Cc1noc(-c2cccc(-c3nnc(-c4cc(-c5nnc(-c6cccc(-c7nc(C)no7)c6)s5)cc(-c5nnc(-c6cccc(-c7nc(C)no7)c6)s5)c4)s3)c2)n1. The molecule has 15 nitrogen and oxygen atoms in total. The van der Waals surface area contributed by atoms with Crippen LogP contribution >= 0.6 is 34.0 Å². The van der Waals surface area contributed by atoms with E-state index < -0.39 is 0 Å². The van der Waals surface area contributed by atoms with Gasteiger partial charge in [-0.05, 0) is 75.4 Å². The first-order chi connectivity index (χ1) is 27.9. The van der Waals surface area contributed by atoms with Crippen LogP contribution in [0.25, 0.3) is 97.8 Å². The van der Waals surface area contributed by atoms with Crippen molar-refractivity contribution in [3.8, 4) is 97.8 Å². The quantitative estimate of drug-likeness (QED) is 0.134. The summed E-state index contributed by atoms with van der Waals surface area (Å²) >= 11 is 4.41. The van der Waals surface area contributed by atoms with Crippen molar-refractivity contribution in [3.63, 3.8) is 0 Å². The normalized spacial score (nSPS) is 11.4. The number of nitrogens with zero attached hydrogens (tertiary/aromatic N) is 12. The summed E-state index contributed by atoms with van der Waals surface area (Å²) in [6.45, 7) is 5.36. The van der Waals surface area contributed by atoms with Crippen molar-refractivity contribution in [2.75, 3.05) is 0 Å². The van der Waals surface area contributed by atoms with E-state index in [-0.39, 0.29) is 0 Å². The highest BCUT2D eigenvalue weighted by Gasteiger charge is 2.19. The lowest BCUT2D eigenvalue weighted by Crippen LogP contribution is -1.86. The Morgan fingerprint density at radius 1 is 0.333 bits per heavy atom. The molecule has 0 saturated carbocycles. The zero-order chi connectivity index (χ0) is 38.5. The Morgan fingerprint density at radius 2 is 0.579 bits per heavy atom.